The fourth-order valence-corrected chi connectivity index (χ4v) is 3.96. The Morgan fingerprint density at radius 1 is 0.960 bits per heavy atom. The normalized spacial score (nSPS) is 11.4. The summed E-state index contributed by atoms with van der Waals surface area (Å²) in [6.45, 7) is 0.00747. The third-order valence-electron chi connectivity index (χ3n) is 3.44. The fourth-order valence-electron chi connectivity index (χ4n) is 2.20. The maximum absolute atomic E-state index is 12.4. The van der Waals surface area contributed by atoms with Crippen LogP contribution in [0.1, 0.15) is 5.69 Å². The topological polar surface area (TPSA) is 72.0 Å². The van der Waals surface area contributed by atoms with Crippen molar-refractivity contribution in [3.8, 4) is 11.3 Å². The minimum Gasteiger partial charge on any atom is -0.240 e. The van der Waals surface area contributed by atoms with Crippen LogP contribution in [0.5, 0.6) is 0 Å². The Bertz CT molecular complexity index is 996. The van der Waals surface area contributed by atoms with Crippen molar-refractivity contribution in [3.63, 3.8) is 0 Å². The van der Waals surface area contributed by atoms with E-state index in [2.05, 4.69) is 14.7 Å². The molecule has 1 aromatic heterocycles. The van der Waals surface area contributed by atoms with Crippen LogP contribution in [0.25, 0.3) is 11.3 Å². The number of sulfonamides is 1. The predicted molar refractivity (Wildman–Crippen MR) is 98.0 cm³/mol. The first-order valence-corrected chi connectivity index (χ1v) is 9.51. The first kappa shape index (κ1) is 17.8. The lowest BCUT2D eigenvalue weighted by Gasteiger charge is -2.09. The zero-order chi connectivity index (χ0) is 17.9. The molecule has 25 heavy (non-hydrogen) atoms. The Morgan fingerprint density at radius 3 is 2.48 bits per heavy atom. The third kappa shape index (κ3) is 4.16. The second kappa shape index (κ2) is 7.49. The van der Waals surface area contributed by atoms with E-state index in [1.54, 1.807) is 6.07 Å². The van der Waals surface area contributed by atoms with Crippen molar-refractivity contribution < 1.29 is 8.42 Å². The Hall–Kier alpha value is -1.99. The quantitative estimate of drug-likeness (QED) is 0.712. The van der Waals surface area contributed by atoms with Gasteiger partial charge in [0.05, 0.1) is 28.0 Å². The molecule has 3 rings (SSSR count). The summed E-state index contributed by atoms with van der Waals surface area (Å²) in [6.07, 6.45) is 1.40. The van der Waals surface area contributed by atoms with Crippen LogP contribution in [0, 0.1) is 0 Å². The predicted octanol–water partition coefficient (Wildman–Crippen LogP) is 3.93. The van der Waals surface area contributed by atoms with E-state index >= 15 is 0 Å². The van der Waals surface area contributed by atoms with E-state index in [1.165, 1.54) is 24.5 Å². The van der Waals surface area contributed by atoms with Gasteiger partial charge in [0, 0.05) is 5.56 Å². The van der Waals surface area contributed by atoms with E-state index < -0.39 is 10.0 Å². The van der Waals surface area contributed by atoms with Gasteiger partial charge in [0.25, 0.3) is 0 Å². The summed E-state index contributed by atoms with van der Waals surface area (Å²) >= 11 is 11.9. The molecule has 128 valence electrons. The van der Waals surface area contributed by atoms with Gasteiger partial charge in [-0.1, -0.05) is 59.6 Å². The van der Waals surface area contributed by atoms with Crippen LogP contribution in [0.15, 0.2) is 65.8 Å². The van der Waals surface area contributed by atoms with Gasteiger partial charge in [0.15, 0.2) is 0 Å². The molecule has 0 spiro atoms. The number of rotatable bonds is 5. The molecule has 0 atom stereocenters. The van der Waals surface area contributed by atoms with Crippen molar-refractivity contribution in [1.82, 2.24) is 14.7 Å². The molecule has 0 fully saturated rings. The summed E-state index contributed by atoms with van der Waals surface area (Å²) in [5.74, 6) is 0. The lowest BCUT2D eigenvalue weighted by molar-refractivity contribution is 0.580. The molecule has 0 saturated heterocycles. The number of nitrogens with zero attached hydrogens (tertiary/aromatic N) is 2. The summed E-state index contributed by atoms with van der Waals surface area (Å²) in [7, 11) is -3.82. The van der Waals surface area contributed by atoms with Crippen LogP contribution >= 0.6 is 23.2 Å². The maximum atomic E-state index is 12.4. The molecule has 0 radical (unpaired) electrons. The minimum atomic E-state index is -3.82. The summed E-state index contributed by atoms with van der Waals surface area (Å²) in [4.78, 5) is 8.25. The Labute approximate surface area is 155 Å². The Balaban J connectivity index is 1.81. The van der Waals surface area contributed by atoms with E-state index in [9.17, 15) is 8.42 Å². The summed E-state index contributed by atoms with van der Waals surface area (Å²) in [6, 6.07) is 15.7. The van der Waals surface area contributed by atoms with E-state index in [4.69, 9.17) is 23.2 Å². The molecule has 8 heteroatoms. The van der Waals surface area contributed by atoms with Crippen LogP contribution < -0.4 is 4.72 Å². The van der Waals surface area contributed by atoms with Gasteiger partial charge >= 0.3 is 0 Å². The Kier molecular flexibility index (Phi) is 5.34. The number of aromatic nitrogens is 2. The fraction of sp³-hybridized carbons (Fsp3) is 0.0588. The Morgan fingerprint density at radius 2 is 1.72 bits per heavy atom. The molecule has 0 bridgehead atoms. The summed E-state index contributed by atoms with van der Waals surface area (Å²) in [5.41, 5.74) is 2.17. The van der Waals surface area contributed by atoms with Gasteiger partial charge in [0.1, 0.15) is 11.2 Å². The van der Waals surface area contributed by atoms with Crippen LogP contribution in [-0.2, 0) is 16.6 Å². The molecule has 0 aliphatic heterocycles. The standard InChI is InChI=1S/C17H13Cl2N3O2S/c18-14-7-4-8-16(17(14)19)25(23,24)22-10-13-9-15(21-11-20-13)12-5-2-1-3-6-12/h1-9,11,22H,10H2. The molecule has 0 aliphatic carbocycles. The minimum absolute atomic E-state index is 0.00747. The van der Waals surface area contributed by atoms with E-state index in [-0.39, 0.29) is 21.5 Å². The van der Waals surface area contributed by atoms with Gasteiger partial charge in [-0.05, 0) is 18.2 Å². The van der Waals surface area contributed by atoms with Gasteiger partial charge in [-0.25, -0.2) is 23.1 Å². The van der Waals surface area contributed by atoms with Crippen molar-refractivity contribution in [3.05, 3.63) is 76.7 Å². The molecule has 1 N–H and O–H groups in total. The number of hydrogen-bond donors (Lipinski definition) is 1. The van der Waals surface area contributed by atoms with Crippen molar-refractivity contribution in [2.75, 3.05) is 0 Å². The molecule has 0 aliphatic rings. The number of hydrogen-bond acceptors (Lipinski definition) is 4. The maximum Gasteiger partial charge on any atom is 0.242 e. The molecule has 3 aromatic rings. The van der Waals surface area contributed by atoms with Gasteiger partial charge < -0.3 is 0 Å². The van der Waals surface area contributed by atoms with Gasteiger partial charge in [-0.15, -0.1) is 0 Å². The molecule has 0 saturated carbocycles. The molecular formula is C17H13Cl2N3O2S. The zero-order valence-corrected chi connectivity index (χ0v) is 15.2. The molecule has 2 aromatic carbocycles. The largest absolute Gasteiger partial charge is 0.242 e. The highest BCUT2D eigenvalue weighted by Gasteiger charge is 2.19. The van der Waals surface area contributed by atoms with E-state index in [0.29, 0.717) is 11.4 Å². The first-order valence-electron chi connectivity index (χ1n) is 7.27. The lowest BCUT2D eigenvalue weighted by atomic mass is 10.1. The average Bonchev–Trinajstić information content (AvgIpc) is 2.63. The van der Waals surface area contributed by atoms with Crippen molar-refractivity contribution in [1.29, 1.82) is 0 Å². The van der Waals surface area contributed by atoms with Crippen LogP contribution in [0.4, 0.5) is 0 Å². The van der Waals surface area contributed by atoms with Crippen molar-refractivity contribution in [2.24, 2.45) is 0 Å². The van der Waals surface area contributed by atoms with Crippen LogP contribution in [-0.4, -0.2) is 18.4 Å². The van der Waals surface area contributed by atoms with Gasteiger partial charge in [-0.2, -0.15) is 0 Å². The summed E-state index contributed by atoms with van der Waals surface area (Å²) in [5, 5.41) is 0.169. The average molecular weight is 394 g/mol. The number of nitrogens with one attached hydrogen (secondary N) is 1. The second-order valence-corrected chi connectivity index (χ2v) is 7.66. The van der Waals surface area contributed by atoms with E-state index in [1.807, 2.05) is 30.3 Å². The zero-order valence-electron chi connectivity index (χ0n) is 12.9. The monoisotopic (exact) mass is 393 g/mol. The van der Waals surface area contributed by atoms with Crippen molar-refractivity contribution >= 4 is 33.2 Å². The first-order chi connectivity index (χ1) is 12.0. The molecule has 0 unspecified atom stereocenters. The number of benzene rings is 2. The highest BCUT2D eigenvalue weighted by atomic mass is 35.5. The van der Waals surface area contributed by atoms with Gasteiger partial charge in [0.2, 0.25) is 10.0 Å². The number of halogens is 2. The molecular weight excluding hydrogens is 381 g/mol. The molecule has 0 amide bonds. The van der Waals surface area contributed by atoms with Crippen LogP contribution in [0.3, 0.4) is 0 Å². The molecule has 1 heterocycles. The second-order valence-electron chi connectivity index (χ2n) is 5.14. The van der Waals surface area contributed by atoms with Crippen LogP contribution in [0.2, 0.25) is 10.0 Å². The van der Waals surface area contributed by atoms with E-state index in [0.717, 1.165) is 5.56 Å². The highest BCUT2D eigenvalue weighted by Crippen LogP contribution is 2.28. The third-order valence-corrected chi connectivity index (χ3v) is 5.82. The highest BCUT2D eigenvalue weighted by molar-refractivity contribution is 7.89. The molecule has 5 nitrogen and oxygen atoms in total. The summed E-state index contributed by atoms with van der Waals surface area (Å²) < 4.78 is 27.3. The lowest BCUT2D eigenvalue weighted by Crippen LogP contribution is -2.24. The van der Waals surface area contributed by atoms with Gasteiger partial charge in [-0.3, -0.25) is 0 Å². The SMILES string of the molecule is O=S(=O)(NCc1cc(-c2ccccc2)ncn1)c1cccc(Cl)c1Cl. The van der Waals surface area contributed by atoms with Crippen molar-refractivity contribution in [2.45, 2.75) is 11.4 Å². The smallest absolute Gasteiger partial charge is 0.240 e.